The number of benzene rings is 2. The van der Waals surface area contributed by atoms with Crippen molar-refractivity contribution in [2.45, 2.75) is 39.7 Å². The molecule has 0 aliphatic carbocycles. The van der Waals surface area contributed by atoms with E-state index in [9.17, 15) is 9.59 Å². The highest BCUT2D eigenvalue weighted by atomic mass is 16.2. The Hall–Kier alpha value is -2.42. The van der Waals surface area contributed by atoms with Gasteiger partial charge in [-0.05, 0) is 38.0 Å². The Morgan fingerprint density at radius 1 is 1.00 bits per heavy atom. The predicted octanol–water partition coefficient (Wildman–Crippen LogP) is 4.14. The van der Waals surface area contributed by atoms with Gasteiger partial charge >= 0.3 is 0 Å². The Labute approximate surface area is 137 Å². The van der Waals surface area contributed by atoms with E-state index in [0.29, 0.717) is 5.56 Å². The maximum absolute atomic E-state index is 12.3. The minimum Gasteiger partial charge on any atom is -0.350 e. The highest BCUT2D eigenvalue weighted by Crippen LogP contribution is 2.15. The van der Waals surface area contributed by atoms with Crippen LogP contribution in [0.25, 0.3) is 0 Å². The Morgan fingerprint density at radius 3 is 2.39 bits per heavy atom. The number of nitrogens with one attached hydrogen (secondary N) is 1. The average Bonchev–Trinajstić information content (AvgIpc) is 2.55. The molecule has 0 aliphatic rings. The monoisotopic (exact) mass is 309 g/mol. The fraction of sp³-hybridized carbons (Fsp3) is 0.300. The maximum Gasteiger partial charge on any atom is 0.220 e. The summed E-state index contributed by atoms with van der Waals surface area (Å²) in [4.78, 5) is 24.3. The summed E-state index contributed by atoms with van der Waals surface area (Å²) in [5.74, 6) is -0.0753. The first-order valence-corrected chi connectivity index (χ1v) is 7.92. The Bertz CT molecular complexity index is 692. The first-order chi connectivity index (χ1) is 11.0. The molecule has 0 radical (unpaired) electrons. The lowest BCUT2D eigenvalue weighted by molar-refractivity contribution is -0.121. The Morgan fingerprint density at radius 2 is 1.70 bits per heavy atom. The van der Waals surface area contributed by atoms with Crippen LogP contribution in [-0.2, 0) is 4.79 Å². The van der Waals surface area contributed by atoms with Gasteiger partial charge in [0.05, 0.1) is 6.04 Å². The lowest BCUT2D eigenvalue weighted by atomic mass is 9.99. The van der Waals surface area contributed by atoms with E-state index in [1.54, 1.807) is 0 Å². The van der Waals surface area contributed by atoms with Crippen molar-refractivity contribution in [2.24, 2.45) is 0 Å². The Balaban J connectivity index is 1.89. The van der Waals surface area contributed by atoms with E-state index >= 15 is 0 Å². The van der Waals surface area contributed by atoms with Gasteiger partial charge in [-0.15, -0.1) is 0 Å². The summed E-state index contributed by atoms with van der Waals surface area (Å²) < 4.78 is 0. The highest BCUT2D eigenvalue weighted by molar-refractivity contribution is 5.99. The number of Topliss-reactive ketones (excluding diaryl/α,β-unsaturated/α-hetero) is 1. The zero-order valence-electron chi connectivity index (χ0n) is 13.9. The van der Waals surface area contributed by atoms with E-state index < -0.39 is 0 Å². The fourth-order valence-corrected chi connectivity index (χ4v) is 2.54. The first-order valence-electron chi connectivity index (χ1n) is 7.92. The number of rotatable bonds is 6. The third-order valence-corrected chi connectivity index (χ3v) is 3.95. The molecular weight excluding hydrogens is 286 g/mol. The molecule has 2 aromatic rings. The second-order valence-corrected chi connectivity index (χ2v) is 5.94. The van der Waals surface area contributed by atoms with E-state index in [1.165, 1.54) is 0 Å². The molecule has 0 aliphatic heterocycles. The van der Waals surface area contributed by atoms with Crippen LogP contribution in [0, 0.1) is 13.8 Å². The van der Waals surface area contributed by atoms with Crippen LogP contribution in [0.15, 0.2) is 48.5 Å². The minimum absolute atomic E-state index is 0.0220. The molecule has 0 heterocycles. The van der Waals surface area contributed by atoms with Crippen molar-refractivity contribution >= 4 is 11.7 Å². The lowest BCUT2D eigenvalue weighted by Crippen LogP contribution is -2.27. The number of ketones is 1. The van der Waals surface area contributed by atoms with E-state index in [4.69, 9.17) is 0 Å². The van der Waals surface area contributed by atoms with Crippen LogP contribution < -0.4 is 5.32 Å². The van der Waals surface area contributed by atoms with Gasteiger partial charge in [-0.25, -0.2) is 0 Å². The molecule has 3 heteroatoms. The molecular formula is C20H23NO2. The standard InChI is InChI=1S/C20H23NO2/c1-14-9-10-15(2)18(13-14)19(22)11-12-20(23)21-16(3)17-7-5-4-6-8-17/h4-10,13,16H,11-12H2,1-3H3,(H,21,23)/t16-/m1/s1. The SMILES string of the molecule is Cc1ccc(C)c(C(=O)CCC(=O)N[C@H](C)c2ccccc2)c1. The summed E-state index contributed by atoms with van der Waals surface area (Å²) in [5.41, 5.74) is 3.79. The molecule has 0 fully saturated rings. The Kier molecular flexibility index (Phi) is 5.69. The number of carbonyl (C=O) groups is 2. The van der Waals surface area contributed by atoms with Crippen molar-refractivity contribution in [3.63, 3.8) is 0 Å². The van der Waals surface area contributed by atoms with Crippen LogP contribution in [0.1, 0.15) is 52.9 Å². The second-order valence-electron chi connectivity index (χ2n) is 5.94. The van der Waals surface area contributed by atoms with Crippen LogP contribution in [-0.4, -0.2) is 11.7 Å². The molecule has 0 unspecified atom stereocenters. The van der Waals surface area contributed by atoms with Gasteiger partial charge in [0, 0.05) is 18.4 Å². The summed E-state index contributed by atoms with van der Waals surface area (Å²) in [5, 5.41) is 2.94. The van der Waals surface area contributed by atoms with Gasteiger partial charge in [-0.3, -0.25) is 9.59 Å². The number of hydrogen-bond donors (Lipinski definition) is 1. The first kappa shape index (κ1) is 16.9. The van der Waals surface area contributed by atoms with Crippen LogP contribution in [0.4, 0.5) is 0 Å². The van der Waals surface area contributed by atoms with Gasteiger partial charge in [0.25, 0.3) is 0 Å². The van der Waals surface area contributed by atoms with Gasteiger partial charge in [0.1, 0.15) is 0 Å². The predicted molar refractivity (Wildman–Crippen MR) is 92.5 cm³/mol. The van der Waals surface area contributed by atoms with Gasteiger partial charge in [-0.1, -0.05) is 48.0 Å². The van der Waals surface area contributed by atoms with Crippen molar-refractivity contribution in [2.75, 3.05) is 0 Å². The fourth-order valence-electron chi connectivity index (χ4n) is 2.54. The largest absolute Gasteiger partial charge is 0.350 e. The van der Waals surface area contributed by atoms with Crippen molar-refractivity contribution in [3.05, 3.63) is 70.8 Å². The van der Waals surface area contributed by atoms with Crippen LogP contribution >= 0.6 is 0 Å². The molecule has 0 saturated carbocycles. The third kappa shape index (κ3) is 4.78. The normalized spacial score (nSPS) is 11.8. The quantitative estimate of drug-likeness (QED) is 0.815. The maximum atomic E-state index is 12.3. The topological polar surface area (TPSA) is 46.2 Å². The smallest absolute Gasteiger partial charge is 0.220 e. The van der Waals surface area contributed by atoms with Crippen LogP contribution in [0.5, 0.6) is 0 Å². The van der Waals surface area contributed by atoms with E-state index in [2.05, 4.69) is 5.32 Å². The average molecular weight is 309 g/mol. The second kappa shape index (κ2) is 7.73. The zero-order chi connectivity index (χ0) is 16.8. The molecule has 1 N–H and O–H groups in total. The van der Waals surface area contributed by atoms with E-state index in [1.807, 2.05) is 69.3 Å². The molecule has 0 spiro atoms. The number of aryl methyl sites for hydroxylation is 2. The number of carbonyl (C=O) groups excluding carboxylic acids is 2. The molecule has 23 heavy (non-hydrogen) atoms. The van der Waals surface area contributed by atoms with Gasteiger partial charge in [0.15, 0.2) is 5.78 Å². The summed E-state index contributed by atoms with van der Waals surface area (Å²) in [6, 6.07) is 15.6. The van der Waals surface area contributed by atoms with Crippen molar-refractivity contribution < 1.29 is 9.59 Å². The molecule has 0 saturated heterocycles. The zero-order valence-corrected chi connectivity index (χ0v) is 13.9. The van der Waals surface area contributed by atoms with Crippen molar-refractivity contribution in [1.29, 1.82) is 0 Å². The summed E-state index contributed by atoms with van der Waals surface area (Å²) >= 11 is 0. The summed E-state index contributed by atoms with van der Waals surface area (Å²) in [6.07, 6.45) is 0.445. The van der Waals surface area contributed by atoms with Gasteiger partial charge in [0.2, 0.25) is 5.91 Å². The minimum atomic E-state index is -0.0972. The molecule has 2 rings (SSSR count). The van der Waals surface area contributed by atoms with Gasteiger partial charge in [-0.2, -0.15) is 0 Å². The number of hydrogen-bond acceptors (Lipinski definition) is 2. The third-order valence-electron chi connectivity index (χ3n) is 3.95. The molecule has 1 amide bonds. The number of amides is 1. The molecule has 3 nitrogen and oxygen atoms in total. The molecule has 0 bridgehead atoms. The molecule has 0 aromatic heterocycles. The van der Waals surface area contributed by atoms with Crippen LogP contribution in [0.3, 0.4) is 0 Å². The summed E-state index contributed by atoms with van der Waals surface area (Å²) in [6.45, 7) is 5.83. The van der Waals surface area contributed by atoms with Crippen molar-refractivity contribution in [3.8, 4) is 0 Å². The lowest BCUT2D eigenvalue weighted by Gasteiger charge is -2.14. The van der Waals surface area contributed by atoms with Crippen LogP contribution in [0.2, 0.25) is 0 Å². The molecule has 2 aromatic carbocycles. The van der Waals surface area contributed by atoms with Gasteiger partial charge < -0.3 is 5.32 Å². The molecule has 120 valence electrons. The van der Waals surface area contributed by atoms with E-state index in [0.717, 1.165) is 16.7 Å². The summed E-state index contributed by atoms with van der Waals surface area (Å²) in [7, 11) is 0. The van der Waals surface area contributed by atoms with E-state index in [-0.39, 0.29) is 30.6 Å². The van der Waals surface area contributed by atoms with Crippen molar-refractivity contribution in [1.82, 2.24) is 5.32 Å². The molecule has 1 atom stereocenters. The highest BCUT2D eigenvalue weighted by Gasteiger charge is 2.13.